The molecule has 1 fully saturated rings. The van der Waals surface area contributed by atoms with E-state index in [1.807, 2.05) is 0 Å². The molecule has 0 bridgehead atoms. The monoisotopic (exact) mass is 288 g/mol. The van der Waals surface area contributed by atoms with Crippen molar-refractivity contribution in [3.63, 3.8) is 0 Å². The lowest BCUT2D eigenvalue weighted by Crippen LogP contribution is -2.35. The molecular weight excluding hydrogens is 256 g/mol. The van der Waals surface area contributed by atoms with Crippen LogP contribution in [0.15, 0.2) is 18.2 Å². The molecule has 2 nitrogen and oxygen atoms in total. The molecule has 1 N–H and O–H groups in total. The van der Waals surface area contributed by atoms with Gasteiger partial charge in [0, 0.05) is 30.9 Å². The second-order valence-corrected chi connectivity index (χ2v) is 7.55. The molecule has 0 radical (unpaired) electrons. The Labute approximate surface area is 130 Å². The number of aryl methyl sites for hydroxylation is 1. The highest BCUT2D eigenvalue weighted by molar-refractivity contribution is 5.51. The zero-order chi connectivity index (χ0) is 15.5. The van der Waals surface area contributed by atoms with Crippen molar-refractivity contribution < 1.29 is 0 Å². The quantitative estimate of drug-likeness (QED) is 0.828. The lowest BCUT2D eigenvalue weighted by atomic mass is 9.85. The number of nitrogens with one attached hydrogen (secondary N) is 1. The highest BCUT2D eigenvalue weighted by Gasteiger charge is 2.20. The summed E-state index contributed by atoms with van der Waals surface area (Å²) in [5.41, 5.74) is 4.37. The summed E-state index contributed by atoms with van der Waals surface area (Å²) in [6.45, 7) is 14.4. The van der Waals surface area contributed by atoms with Crippen LogP contribution < -0.4 is 10.2 Å². The molecule has 1 aliphatic rings. The molecule has 0 aliphatic heterocycles. The van der Waals surface area contributed by atoms with Gasteiger partial charge < -0.3 is 10.2 Å². The van der Waals surface area contributed by atoms with E-state index in [4.69, 9.17) is 0 Å². The number of nitrogens with zero attached hydrogens (tertiary/aromatic N) is 1. The zero-order valence-electron chi connectivity index (χ0n) is 14.5. The van der Waals surface area contributed by atoms with Gasteiger partial charge in [-0.2, -0.15) is 0 Å². The summed E-state index contributed by atoms with van der Waals surface area (Å²) >= 11 is 0. The van der Waals surface area contributed by atoms with Crippen molar-refractivity contribution in [1.29, 1.82) is 0 Å². The Balaban J connectivity index is 2.02. The number of hydrogen-bond acceptors (Lipinski definition) is 2. The van der Waals surface area contributed by atoms with Crippen LogP contribution in [0.3, 0.4) is 0 Å². The van der Waals surface area contributed by atoms with Crippen LogP contribution in [0.1, 0.15) is 58.1 Å². The minimum atomic E-state index is 0.171. The van der Waals surface area contributed by atoms with E-state index in [9.17, 15) is 0 Å². The van der Waals surface area contributed by atoms with Crippen LogP contribution >= 0.6 is 0 Å². The van der Waals surface area contributed by atoms with Gasteiger partial charge in [-0.3, -0.25) is 0 Å². The summed E-state index contributed by atoms with van der Waals surface area (Å²) in [4.78, 5) is 2.54. The molecule has 0 unspecified atom stereocenters. The van der Waals surface area contributed by atoms with Gasteiger partial charge in [0.1, 0.15) is 0 Å². The second-order valence-electron chi connectivity index (χ2n) is 7.55. The summed E-state index contributed by atoms with van der Waals surface area (Å²) in [6.07, 6.45) is 4.27. The van der Waals surface area contributed by atoms with Gasteiger partial charge in [0.15, 0.2) is 0 Å². The fourth-order valence-corrected chi connectivity index (χ4v) is 2.84. The first-order valence-corrected chi connectivity index (χ1v) is 8.48. The van der Waals surface area contributed by atoms with Gasteiger partial charge >= 0.3 is 0 Å². The molecule has 2 rings (SSSR count). The van der Waals surface area contributed by atoms with E-state index in [1.54, 1.807) is 0 Å². The van der Waals surface area contributed by atoms with Crippen LogP contribution in [0.5, 0.6) is 0 Å². The van der Waals surface area contributed by atoms with Crippen molar-refractivity contribution in [1.82, 2.24) is 5.32 Å². The molecule has 0 aromatic heterocycles. The molecule has 0 saturated heterocycles. The normalized spacial score (nSPS) is 15.9. The van der Waals surface area contributed by atoms with Crippen molar-refractivity contribution in [3.05, 3.63) is 29.3 Å². The molecule has 1 saturated carbocycles. The van der Waals surface area contributed by atoms with Crippen LogP contribution in [0, 0.1) is 12.8 Å². The lowest BCUT2D eigenvalue weighted by molar-refractivity contribution is 0.318. The third-order valence-corrected chi connectivity index (χ3v) is 4.59. The minimum Gasteiger partial charge on any atom is -0.372 e. The summed E-state index contributed by atoms with van der Waals surface area (Å²) in [7, 11) is 0. The largest absolute Gasteiger partial charge is 0.372 e. The molecule has 118 valence electrons. The molecule has 1 aliphatic carbocycles. The first-order valence-electron chi connectivity index (χ1n) is 8.48. The first kappa shape index (κ1) is 16.4. The van der Waals surface area contributed by atoms with E-state index in [2.05, 4.69) is 63.0 Å². The van der Waals surface area contributed by atoms with Crippen LogP contribution in [-0.2, 0) is 6.54 Å². The predicted octanol–water partition coefficient (Wildman–Crippen LogP) is 4.51. The molecule has 21 heavy (non-hydrogen) atoms. The van der Waals surface area contributed by atoms with Crippen molar-refractivity contribution in [2.75, 3.05) is 18.0 Å². The van der Waals surface area contributed by atoms with Gasteiger partial charge in [0.05, 0.1) is 0 Å². The number of anilines is 1. The molecule has 1 aromatic carbocycles. The molecule has 0 spiro atoms. The molecule has 0 atom stereocenters. The first-order chi connectivity index (χ1) is 9.89. The third-order valence-electron chi connectivity index (χ3n) is 4.59. The Bertz CT molecular complexity index is 455. The lowest BCUT2D eigenvalue weighted by Gasteiger charge is -2.33. The Morgan fingerprint density at radius 2 is 1.95 bits per heavy atom. The van der Waals surface area contributed by atoms with E-state index in [0.717, 1.165) is 19.0 Å². The van der Waals surface area contributed by atoms with Gasteiger partial charge in [-0.1, -0.05) is 12.5 Å². The van der Waals surface area contributed by atoms with Crippen molar-refractivity contribution in [2.45, 2.75) is 66.0 Å². The van der Waals surface area contributed by atoms with Crippen molar-refractivity contribution >= 4 is 5.69 Å². The molecular formula is C19H32N2. The molecule has 1 aromatic rings. The van der Waals surface area contributed by atoms with Gasteiger partial charge in [-0.15, -0.1) is 0 Å². The average molecular weight is 288 g/mol. The van der Waals surface area contributed by atoms with Crippen molar-refractivity contribution in [2.24, 2.45) is 5.92 Å². The Morgan fingerprint density at radius 1 is 1.24 bits per heavy atom. The zero-order valence-corrected chi connectivity index (χ0v) is 14.5. The topological polar surface area (TPSA) is 15.3 Å². The molecule has 0 heterocycles. The summed E-state index contributed by atoms with van der Waals surface area (Å²) < 4.78 is 0. The van der Waals surface area contributed by atoms with Gasteiger partial charge in [0.25, 0.3) is 0 Å². The SMILES string of the molecule is CCN(CC1CCC1)c1ccc(CNC(C)(C)C)c(C)c1. The number of rotatable bonds is 6. The maximum atomic E-state index is 3.58. The van der Waals surface area contributed by atoms with Crippen molar-refractivity contribution in [3.8, 4) is 0 Å². The van der Waals surface area contributed by atoms with Gasteiger partial charge in [-0.05, 0) is 76.6 Å². The average Bonchev–Trinajstić information content (AvgIpc) is 2.35. The van der Waals surface area contributed by atoms with Crippen LogP contribution in [0.25, 0.3) is 0 Å². The maximum Gasteiger partial charge on any atom is 0.0369 e. The molecule has 2 heteroatoms. The highest BCUT2D eigenvalue weighted by Crippen LogP contribution is 2.29. The van der Waals surface area contributed by atoms with E-state index in [-0.39, 0.29) is 5.54 Å². The summed E-state index contributed by atoms with van der Waals surface area (Å²) in [5, 5.41) is 3.58. The van der Waals surface area contributed by atoms with Crippen LogP contribution in [-0.4, -0.2) is 18.6 Å². The van der Waals surface area contributed by atoms with E-state index in [1.165, 1.54) is 42.6 Å². The van der Waals surface area contributed by atoms with Crippen LogP contribution in [0.2, 0.25) is 0 Å². The minimum absolute atomic E-state index is 0.171. The Kier molecular flexibility index (Phi) is 5.32. The second kappa shape index (κ2) is 6.83. The maximum absolute atomic E-state index is 3.58. The van der Waals surface area contributed by atoms with Gasteiger partial charge in [-0.25, -0.2) is 0 Å². The van der Waals surface area contributed by atoms with Crippen LogP contribution in [0.4, 0.5) is 5.69 Å². The summed E-state index contributed by atoms with van der Waals surface area (Å²) in [5.74, 6) is 0.924. The number of benzene rings is 1. The predicted molar refractivity (Wildman–Crippen MR) is 93.0 cm³/mol. The fraction of sp³-hybridized carbons (Fsp3) is 0.684. The van der Waals surface area contributed by atoms with E-state index >= 15 is 0 Å². The standard InChI is InChI=1S/C19H32N2/c1-6-21(14-16-8-7-9-16)18-11-10-17(15(2)12-18)13-20-19(3,4)5/h10-12,16,20H,6-9,13-14H2,1-5H3. The number of hydrogen-bond donors (Lipinski definition) is 1. The Morgan fingerprint density at radius 3 is 2.43 bits per heavy atom. The molecule has 0 amide bonds. The van der Waals surface area contributed by atoms with Gasteiger partial charge in [0.2, 0.25) is 0 Å². The smallest absolute Gasteiger partial charge is 0.0369 e. The van der Waals surface area contributed by atoms with E-state index in [0.29, 0.717) is 0 Å². The Hall–Kier alpha value is -1.02. The highest BCUT2D eigenvalue weighted by atomic mass is 15.1. The summed E-state index contributed by atoms with van der Waals surface area (Å²) in [6, 6.07) is 6.96. The van der Waals surface area contributed by atoms with E-state index < -0.39 is 0 Å². The fourth-order valence-electron chi connectivity index (χ4n) is 2.84. The third kappa shape index (κ3) is 4.74.